The number of amidine groups is 1. The second kappa shape index (κ2) is 11.2. The van der Waals surface area contributed by atoms with Gasteiger partial charge in [-0.3, -0.25) is 4.99 Å². The second-order valence-corrected chi connectivity index (χ2v) is 8.60. The summed E-state index contributed by atoms with van der Waals surface area (Å²) in [6.07, 6.45) is 6.39. The summed E-state index contributed by atoms with van der Waals surface area (Å²) in [6.45, 7) is 6.34. The molecule has 2 aromatic heterocycles. The average Bonchev–Trinajstić information content (AvgIpc) is 3.36. The minimum atomic E-state index is -0.501. The van der Waals surface area contributed by atoms with Gasteiger partial charge >= 0.3 is 0 Å². The number of fused-ring (bicyclic) bond motifs is 1. The first-order valence-corrected chi connectivity index (χ1v) is 12.0. The second-order valence-electron chi connectivity index (χ2n) is 8.60. The molecule has 1 aliphatic rings. The van der Waals surface area contributed by atoms with Gasteiger partial charge in [-0.1, -0.05) is 13.8 Å². The maximum absolute atomic E-state index is 9.85. The van der Waals surface area contributed by atoms with Gasteiger partial charge in [-0.05, 0) is 67.6 Å². The van der Waals surface area contributed by atoms with Gasteiger partial charge in [-0.25, -0.2) is 15.0 Å². The molecule has 0 spiro atoms. The van der Waals surface area contributed by atoms with Crippen LogP contribution in [0.3, 0.4) is 0 Å². The number of aliphatic hydroxyl groups excluding tert-OH is 1. The normalized spacial score (nSPS) is 18.0. The van der Waals surface area contributed by atoms with Crippen LogP contribution in [0.1, 0.15) is 44.4 Å². The van der Waals surface area contributed by atoms with Gasteiger partial charge in [-0.15, -0.1) is 0 Å². The zero-order valence-electron chi connectivity index (χ0n) is 19.9. The molecule has 3 heterocycles. The molecule has 0 saturated carbocycles. The molecule has 2 atom stereocenters. The number of benzene rings is 1. The lowest BCUT2D eigenvalue weighted by Gasteiger charge is -2.23. The molecule has 0 amide bonds. The van der Waals surface area contributed by atoms with E-state index in [9.17, 15) is 5.11 Å². The van der Waals surface area contributed by atoms with Crippen LogP contribution >= 0.6 is 0 Å². The van der Waals surface area contributed by atoms with E-state index in [0.29, 0.717) is 24.2 Å². The van der Waals surface area contributed by atoms with Crippen molar-refractivity contribution in [2.24, 2.45) is 15.7 Å². The molecular formula is C25H34N8O. The topological polar surface area (TPSA) is 137 Å². The van der Waals surface area contributed by atoms with Gasteiger partial charge in [0.05, 0.1) is 30.2 Å². The number of aryl methyl sites for hydroxylation is 1. The lowest BCUT2D eigenvalue weighted by molar-refractivity contribution is 0.179. The number of aromatic nitrogens is 3. The van der Waals surface area contributed by atoms with Crippen molar-refractivity contribution in [3.05, 3.63) is 41.7 Å². The van der Waals surface area contributed by atoms with Crippen molar-refractivity contribution >= 4 is 29.0 Å². The lowest BCUT2D eigenvalue weighted by atomic mass is 10.0. The Morgan fingerprint density at radius 1 is 1.35 bits per heavy atom. The SMILES string of the molecule is CCc1cc(-c2ccc(C(N=CN)=NC[C@H](O)CC)[nH]2)cc2cnc(N[C@H]3CCCNC3)nc12. The maximum Gasteiger partial charge on any atom is 0.223 e. The number of nitrogens with one attached hydrogen (secondary N) is 3. The van der Waals surface area contributed by atoms with Crippen molar-refractivity contribution in [2.75, 3.05) is 25.0 Å². The van der Waals surface area contributed by atoms with E-state index in [1.54, 1.807) is 0 Å². The van der Waals surface area contributed by atoms with Gasteiger partial charge in [0.2, 0.25) is 5.95 Å². The highest BCUT2D eigenvalue weighted by Gasteiger charge is 2.15. The summed E-state index contributed by atoms with van der Waals surface area (Å²) in [7, 11) is 0. The first-order valence-electron chi connectivity index (χ1n) is 12.0. The third-order valence-corrected chi connectivity index (χ3v) is 6.13. The number of hydrogen-bond acceptors (Lipinski definition) is 6. The third kappa shape index (κ3) is 5.60. The fourth-order valence-corrected chi connectivity index (χ4v) is 4.15. The number of nitrogens with two attached hydrogens (primary N) is 1. The van der Waals surface area contributed by atoms with Crippen LogP contribution < -0.4 is 16.4 Å². The van der Waals surface area contributed by atoms with Gasteiger partial charge in [-0.2, -0.15) is 0 Å². The summed E-state index contributed by atoms with van der Waals surface area (Å²) >= 11 is 0. The molecule has 0 unspecified atom stereocenters. The zero-order valence-corrected chi connectivity index (χ0v) is 19.9. The van der Waals surface area contributed by atoms with Crippen LogP contribution in [0.25, 0.3) is 22.2 Å². The summed E-state index contributed by atoms with van der Waals surface area (Å²) in [5.74, 6) is 1.15. The molecule has 0 radical (unpaired) electrons. The smallest absolute Gasteiger partial charge is 0.223 e. The molecular weight excluding hydrogens is 428 g/mol. The summed E-state index contributed by atoms with van der Waals surface area (Å²) < 4.78 is 0. The van der Waals surface area contributed by atoms with E-state index in [0.717, 1.165) is 65.8 Å². The summed E-state index contributed by atoms with van der Waals surface area (Å²) in [5, 5.41) is 17.7. The molecule has 180 valence electrons. The van der Waals surface area contributed by atoms with Crippen LogP contribution in [0.5, 0.6) is 0 Å². The number of aromatic amines is 1. The van der Waals surface area contributed by atoms with Crippen LogP contribution in [0.4, 0.5) is 5.95 Å². The predicted octanol–water partition coefficient (Wildman–Crippen LogP) is 2.86. The highest BCUT2D eigenvalue weighted by molar-refractivity contribution is 6.02. The molecule has 34 heavy (non-hydrogen) atoms. The van der Waals surface area contributed by atoms with Crippen LogP contribution in [0.15, 0.2) is 40.4 Å². The summed E-state index contributed by atoms with van der Waals surface area (Å²) in [4.78, 5) is 21.4. The van der Waals surface area contributed by atoms with E-state index < -0.39 is 6.10 Å². The Bertz CT molecular complexity index is 1160. The number of aliphatic imine (C=N–C) groups is 2. The number of H-pyrrole nitrogens is 1. The highest BCUT2D eigenvalue weighted by atomic mass is 16.3. The molecule has 3 aromatic rings. The van der Waals surface area contributed by atoms with Gasteiger partial charge in [0.25, 0.3) is 0 Å². The van der Waals surface area contributed by atoms with Crippen molar-refractivity contribution in [1.82, 2.24) is 20.3 Å². The fraction of sp³-hybridized carbons (Fsp3) is 0.440. The first kappa shape index (κ1) is 23.8. The Morgan fingerprint density at radius 3 is 2.97 bits per heavy atom. The quantitative estimate of drug-likeness (QED) is 0.258. The molecule has 6 N–H and O–H groups in total. The number of rotatable bonds is 8. The van der Waals surface area contributed by atoms with Crippen molar-refractivity contribution in [3.63, 3.8) is 0 Å². The average molecular weight is 463 g/mol. The maximum atomic E-state index is 9.85. The van der Waals surface area contributed by atoms with Gasteiger partial charge in [0, 0.05) is 29.9 Å². The number of nitrogens with zero attached hydrogens (tertiary/aromatic N) is 4. The van der Waals surface area contributed by atoms with Crippen LogP contribution in [-0.4, -0.2) is 64.0 Å². The Balaban J connectivity index is 1.62. The lowest BCUT2D eigenvalue weighted by Crippen LogP contribution is -2.38. The molecule has 9 heteroatoms. The molecule has 0 bridgehead atoms. The number of piperidine rings is 1. The Morgan fingerprint density at radius 2 is 2.24 bits per heavy atom. The molecule has 1 saturated heterocycles. The highest BCUT2D eigenvalue weighted by Crippen LogP contribution is 2.28. The van der Waals surface area contributed by atoms with E-state index in [1.807, 2.05) is 25.3 Å². The molecule has 1 aromatic carbocycles. The van der Waals surface area contributed by atoms with E-state index in [-0.39, 0.29) is 6.54 Å². The van der Waals surface area contributed by atoms with Crippen molar-refractivity contribution in [3.8, 4) is 11.3 Å². The van der Waals surface area contributed by atoms with Gasteiger partial charge in [0.15, 0.2) is 5.84 Å². The van der Waals surface area contributed by atoms with Gasteiger partial charge < -0.3 is 26.5 Å². The molecule has 0 aliphatic carbocycles. The minimum absolute atomic E-state index is 0.276. The van der Waals surface area contributed by atoms with Crippen molar-refractivity contribution in [2.45, 2.75) is 51.7 Å². The number of hydrogen-bond donors (Lipinski definition) is 5. The van der Waals surface area contributed by atoms with E-state index in [2.05, 4.69) is 49.6 Å². The molecule has 1 aliphatic heterocycles. The Hall–Kier alpha value is -3.30. The first-order chi connectivity index (χ1) is 16.6. The summed E-state index contributed by atoms with van der Waals surface area (Å²) in [5.41, 5.74) is 10.4. The number of aliphatic hydroxyl groups is 1. The third-order valence-electron chi connectivity index (χ3n) is 6.13. The Kier molecular flexibility index (Phi) is 7.87. The number of anilines is 1. The van der Waals surface area contributed by atoms with Gasteiger partial charge in [0.1, 0.15) is 0 Å². The molecule has 4 rings (SSSR count). The van der Waals surface area contributed by atoms with E-state index >= 15 is 0 Å². The molecule has 1 fully saturated rings. The van der Waals surface area contributed by atoms with Crippen LogP contribution in [0.2, 0.25) is 0 Å². The molecule has 9 nitrogen and oxygen atoms in total. The predicted molar refractivity (Wildman–Crippen MR) is 139 cm³/mol. The zero-order chi connectivity index (χ0) is 23.9. The standard InChI is InChI=1S/C25H34N8O/c1-3-16-10-17(21-7-8-22(32-21)24(30-15-26)28-14-20(34)4-2)11-18-12-29-25(33-23(16)18)31-19-6-5-9-27-13-19/h7-8,10-12,15,19-20,27,32,34H,3-6,9,13-14H2,1-2H3,(H2,26,28,30)(H,29,31,33)/t19-,20+/m0/s1. The van der Waals surface area contributed by atoms with Crippen molar-refractivity contribution < 1.29 is 5.11 Å². The van der Waals surface area contributed by atoms with E-state index in [4.69, 9.17) is 10.7 Å². The Labute approximate surface area is 200 Å². The fourth-order valence-electron chi connectivity index (χ4n) is 4.15. The van der Waals surface area contributed by atoms with Crippen LogP contribution in [-0.2, 0) is 6.42 Å². The van der Waals surface area contributed by atoms with E-state index in [1.165, 1.54) is 6.34 Å². The monoisotopic (exact) mass is 462 g/mol. The summed E-state index contributed by atoms with van der Waals surface area (Å²) in [6, 6.07) is 8.55. The van der Waals surface area contributed by atoms with Crippen molar-refractivity contribution in [1.29, 1.82) is 0 Å². The minimum Gasteiger partial charge on any atom is -0.391 e. The van der Waals surface area contributed by atoms with Crippen LogP contribution in [0, 0.1) is 0 Å². The largest absolute Gasteiger partial charge is 0.391 e.